The molecule has 5 rings (SSSR count). The Balaban J connectivity index is 1.23. The van der Waals surface area contributed by atoms with E-state index in [-0.39, 0.29) is 23.8 Å². The van der Waals surface area contributed by atoms with Gasteiger partial charge in [-0.2, -0.15) is 5.26 Å². The summed E-state index contributed by atoms with van der Waals surface area (Å²) >= 11 is 0. The van der Waals surface area contributed by atoms with Crippen molar-refractivity contribution in [3.05, 3.63) is 54.0 Å². The Morgan fingerprint density at radius 1 is 1.32 bits per heavy atom. The molecular formula is C23H24N6O2. The van der Waals surface area contributed by atoms with E-state index in [4.69, 9.17) is 5.26 Å². The number of nitrogens with one attached hydrogen (secondary N) is 2. The summed E-state index contributed by atoms with van der Waals surface area (Å²) in [5.74, 6) is 0.882. The summed E-state index contributed by atoms with van der Waals surface area (Å²) in [6.45, 7) is 1.73. The number of carbonyl (C=O) groups excluding carboxylic acids is 1. The van der Waals surface area contributed by atoms with E-state index in [2.05, 4.69) is 31.2 Å². The summed E-state index contributed by atoms with van der Waals surface area (Å²) in [6, 6.07) is 10.8. The SMILES string of the molecule is N#Cc1ccc(C(O)CNC(=O)[C@H]2CCN(c3ncnc4[nH]ccc34)CC23CC3)cc1. The van der Waals surface area contributed by atoms with Crippen LogP contribution in [0, 0.1) is 22.7 Å². The van der Waals surface area contributed by atoms with Crippen molar-refractivity contribution in [2.75, 3.05) is 24.5 Å². The second-order valence-electron chi connectivity index (χ2n) is 8.56. The largest absolute Gasteiger partial charge is 0.387 e. The molecule has 1 amide bonds. The number of hydrogen-bond donors (Lipinski definition) is 3. The monoisotopic (exact) mass is 416 g/mol. The fourth-order valence-corrected chi connectivity index (χ4v) is 4.75. The van der Waals surface area contributed by atoms with E-state index in [1.165, 1.54) is 0 Å². The zero-order valence-electron chi connectivity index (χ0n) is 17.1. The number of nitrogens with zero attached hydrogens (tertiary/aromatic N) is 4. The molecule has 1 aliphatic heterocycles. The number of amides is 1. The number of piperidine rings is 1. The summed E-state index contributed by atoms with van der Waals surface area (Å²) in [6.07, 6.45) is 5.47. The van der Waals surface area contributed by atoms with Crippen LogP contribution in [0.4, 0.5) is 5.82 Å². The molecular weight excluding hydrogens is 392 g/mol. The number of anilines is 1. The van der Waals surface area contributed by atoms with Crippen LogP contribution in [0.25, 0.3) is 11.0 Å². The van der Waals surface area contributed by atoms with Gasteiger partial charge in [-0.1, -0.05) is 12.1 Å². The number of aromatic amines is 1. The van der Waals surface area contributed by atoms with Crippen molar-refractivity contribution in [2.24, 2.45) is 11.3 Å². The third kappa shape index (κ3) is 3.62. The molecule has 0 radical (unpaired) electrons. The van der Waals surface area contributed by atoms with Gasteiger partial charge in [-0.15, -0.1) is 0 Å². The molecule has 1 saturated carbocycles. The lowest BCUT2D eigenvalue weighted by atomic mass is 9.81. The van der Waals surface area contributed by atoms with E-state index < -0.39 is 6.10 Å². The fourth-order valence-electron chi connectivity index (χ4n) is 4.75. The summed E-state index contributed by atoms with van der Waals surface area (Å²) in [5.41, 5.74) is 2.04. The second kappa shape index (κ2) is 7.67. The molecule has 1 saturated heterocycles. The first-order valence-electron chi connectivity index (χ1n) is 10.6. The minimum absolute atomic E-state index is 0.0133. The molecule has 3 N–H and O–H groups in total. The van der Waals surface area contributed by atoms with Crippen LogP contribution >= 0.6 is 0 Å². The molecule has 1 spiro atoms. The van der Waals surface area contributed by atoms with Crippen LogP contribution in [0.5, 0.6) is 0 Å². The third-order valence-corrected chi connectivity index (χ3v) is 6.67. The maximum absolute atomic E-state index is 13.0. The quantitative estimate of drug-likeness (QED) is 0.587. The fraction of sp³-hybridized carbons (Fsp3) is 0.391. The van der Waals surface area contributed by atoms with Crippen LogP contribution in [0.2, 0.25) is 0 Å². The Labute approximate surface area is 179 Å². The number of rotatable bonds is 5. The molecule has 1 aromatic carbocycles. The molecule has 1 unspecified atom stereocenters. The minimum atomic E-state index is -0.796. The van der Waals surface area contributed by atoms with Gasteiger partial charge in [-0.25, -0.2) is 9.97 Å². The topological polar surface area (TPSA) is 118 Å². The molecule has 8 heteroatoms. The minimum Gasteiger partial charge on any atom is -0.387 e. The predicted molar refractivity (Wildman–Crippen MR) is 115 cm³/mol. The lowest BCUT2D eigenvalue weighted by Gasteiger charge is -2.39. The Bertz CT molecular complexity index is 1140. The average molecular weight is 416 g/mol. The van der Waals surface area contributed by atoms with Gasteiger partial charge in [-0.05, 0) is 48.4 Å². The van der Waals surface area contributed by atoms with E-state index in [9.17, 15) is 9.90 Å². The molecule has 2 aromatic heterocycles. The lowest BCUT2D eigenvalue weighted by Crippen LogP contribution is -2.48. The van der Waals surface area contributed by atoms with Gasteiger partial charge in [-0.3, -0.25) is 4.79 Å². The first-order chi connectivity index (χ1) is 15.1. The predicted octanol–water partition coefficient (Wildman–Crippen LogP) is 2.29. The highest BCUT2D eigenvalue weighted by molar-refractivity contribution is 5.87. The Hall–Kier alpha value is -3.44. The van der Waals surface area contributed by atoms with Crippen molar-refractivity contribution in [3.8, 4) is 6.07 Å². The van der Waals surface area contributed by atoms with Gasteiger partial charge >= 0.3 is 0 Å². The van der Waals surface area contributed by atoms with Crippen LogP contribution in [0.1, 0.15) is 36.5 Å². The lowest BCUT2D eigenvalue weighted by molar-refractivity contribution is -0.128. The van der Waals surface area contributed by atoms with Gasteiger partial charge in [0.2, 0.25) is 5.91 Å². The van der Waals surface area contributed by atoms with Crippen molar-refractivity contribution in [3.63, 3.8) is 0 Å². The van der Waals surface area contributed by atoms with Crippen LogP contribution < -0.4 is 10.2 Å². The molecule has 1 aliphatic carbocycles. The van der Waals surface area contributed by atoms with Crippen molar-refractivity contribution in [1.29, 1.82) is 5.26 Å². The number of benzene rings is 1. The number of aliphatic hydroxyl groups is 1. The average Bonchev–Trinajstić information content (AvgIpc) is 3.38. The Morgan fingerprint density at radius 2 is 2.13 bits per heavy atom. The van der Waals surface area contributed by atoms with Crippen molar-refractivity contribution >= 4 is 22.8 Å². The number of nitriles is 1. The standard InChI is InChI=1S/C23H24N6O2/c24-11-15-1-3-16(4-2-15)19(30)12-26-22(31)18-6-10-29(13-23(18)7-8-23)21-17-5-9-25-20(17)27-14-28-21/h1-5,9,14,18-19,30H,6-8,10,12-13H2,(H,26,31)(H,25,27,28)/t18-,19?/m1/s1. The van der Waals surface area contributed by atoms with Gasteiger partial charge in [0.05, 0.1) is 23.1 Å². The maximum Gasteiger partial charge on any atom is 0.223 e. The van der Waals surface area contributed by atoms with Gasteiger partial charge in [0.15, 0.2) is 0 Å². The number of aliphatic hydroxyl groups excluding tert-OH is 1. The number of H-pyrrole nitrogens is 1. The van der Waals surface area contributed by atoms with E-state index in [1.54, 1.807) is 30.6 Å². The van der Waals surface area contributed by atoms with E-state index in [1.807, 2.05) is 12.3 Å². The van der Waals surface area contributed by atoms with Crippen LogP contribution in [-0.4, -0.2) is 45.6 Å². The van der Waals surface area contributed by atoms with Gasteiger partial charge in [0.25, 0.3) is 0 Å². The summed E-state index contributed by atoms with van der Waals surface area (Å²) in [7, 11) is 0. The second-order valence-corrected chi connectivity index (χ2v) is 8.56. The molecule has 158 valence electrons. The van der Waals surface area contributed by atoms with Crippen LogP contribution in [0.15, 0.2) is 42.9 Å². The maximum atomic E-state index is 13.0. The molecule has 2 atom stereocenters. The number of fused-ring (bicyclic) bond motifs is 1. The molecule has 3 aromatic rings. The zero-order chi connectivity index (χ0) is 21.4. The van der Waals surface area contributed by atoms with Gasteiger partial charge < -0.3 is 20.3 Å². The molecule has 2 aliphatic rings. The van der Waals surface area contributed by atoms with Gasteiger partial charge in [0.1, 0.15) is 17.8 Å². The van der Waals surface area contributed by atoms with E-state index in [0.717, 1.165) is 49.2 Å². The smallest absolute Gasteiger partial charge is 0.223 e. The zero-order valence-corrected chi connectivity index (χ0v) is 17.1. The summed E-state index contributed by atoms with van der Waals surface area (Å²) in [4.78, 5) is 27.2. The molecule has 2 fully saturated rings. The number of hydrogen-bond acceptors (Lipinski definition) is 6. The first-order valence-corrected chi connectivity index (χ1v) is 10.6. The Morgan fingerprint density at radius 3 is 2.87 bits per heavy atom. The van der Waals surface area contributed by atoms with E-state index in [0.29, 0.717) is 11.1 Å². The highest BCUT2D eigenvalue weighted by Crippen LogP contribution is 2.56. The van der Waals surface area contributed by atoms with Crippen molar-refractivity contribution in [2.45, 2.75) is 25.4 Å². The van der Waals surface area contributed by atoms with Gasteiger partial charge in [0, 0.05) is 31.7 Å². The third-order valence-electron chi connectivity index (χ3n) is 6.67. The molecule has 8 nitrogen and oxygen atoms in total. The number of aromatic nitrogens is 3. The van der Waals surface area contributed by atoms with Crippen LogP contribution in [-0.2, 0) is 4.79 Å². The van der Waals surface area contributed by atoms with E-state index >= 15 is 0 Å². The number of carbonyl (C=O) groups is 1. The Kier molecular flexibility index (Phi) is 4.83. The van der Waals surface area contributed by atoms with Crippen molar-refractivity contribution in [1.82, 2.24) is 20.3 Å². The molecule has 31 heavy (non-hydrogen) atoms. The first kappa shape index (κ1) is 19.5. The highest BCUT2D eigenvalue weighted by atomic mass is 16.3. The molecule has 3 heterocycles. The summed E-state index contributed by atoms with van der Waals surface area (Å²) in [5, 5.41) is 23.3. The highest BCUT2D eigenvalue weighted by Gasteiger charge is 2.55. The summed E-state index contributed by atoms with van der Waals surface area (Å²) < 4.78 is 0. The molecule has 0 bridgehead atoms. The van der Waals surface area contributed by atoms with Crippen LogP contribution in [0.3, 0.4) is 0 Å². The van der Waals surface area contributed by atoms with Crippen molar-refractivity contribution < 1.29 is 9.90 Å². The normalized spacial score (nSPS) is 20.4.